The van der Waals surface area contributed by atoms with Gasteiger partial charge in [-0.2, -0.15) is 4.98 Å². The Hall–Kier alpha value is -1.88. The van der Waals surface area contributed by atoms with Crippen LogP contribution in [0, 0.1) is 17.8 Å². The molecule has 25 heavy (non-hydrogen) atoms. The Morgan fingerprint density at radius 3 is 2.84 bits per heavy atom. The van der Waals surface area contributed by atoms with Gasteiger partial charge in [-0.05, 0) is 43.2 Å². The monoisotopic (exact) mass is 357 g/mol. The number of amides is 1. The van der Waals surface area contributed by atoms with Gasteiger partial charge in [-0.1, -0.05) is 35.3 Å². The van der Waals surface area contributed by atoms with Gasteiger partial charge in [0.1, 0.15) is 0 Å². The third kappa shape index (κ3) is 2.65. The number of aromatic nitrogens is 2. The summed E-state index contributed by atoms with van der Waals surface area (Å²) in [4.78, 5) is 19.2. The van der Waals surface area contributed by atoms with Crippen LogP contribution < -0.4 is 0 Å². The van der Waals surface area contributed by atoms with Crippen LogP contribution in [0.2, 0.25) is 5.02 Å². The van der Waals surface area contributed by atoms with Crippen LogP contribution >= 0.6 is 11.6 Å². The minimum absolute atomic E-state index is 0.156. The molecule has 2 aliphatic carbocycles. The van der Waals surface area contributed by atoms with Crippen LogP contribution in [0.3, 0.4) is 0 Å². The molecular formula is C19H20ClN3O2. The molecule has 2 heterocycles. The zero-order chi connectivity index (χ0) is 17.0. The van der Waals surface area contributed by atoms with E-state index in [1.165, 1.54) is 19.3 Å². The molecule has 1 aromatic heterocycles. The van der Waals surface area contributed by atoms with E-state index in [0.717, 1.165) is 17.9 Å². The average molecular weight is 358 g/mol. The van der Waals surface area contributed by atoms with Gasteiger partial charge in [0.25, 0.3) is 0 Å². The fraction of sp³-hybridized carbons (Fsp3) is 0.526. The predicted octanol–water partition coefficient (Wildman–Crippen LogP) is 3.75. The quantitative estimate of drug-likeness (QED) is 0.839. The van der Waals surface area contributed by atoms with E-state index < -0.39 is 0 Å². The lowest BCUT2D eigenvalue weighted by Crippen LogP contribution is -2.51. The van der Waals surface area contributed by atoms with E-state index >= 15 is 0 Å². The molecule has 1 saturated heterocycles. The van der Waals surface area contributed by atoms with Crippen LogP contribution in [0.1, 0.15) is 37.5 Å². The van der Waals surface area contributed by atoms with Crippen LogP contribution in [0.15, 0.2) is 28.8 Å². The second-order valence-electron chi connectivity index (χ2n) is 7.69. The van der Waals surface area contributed by atoms with Crippen LogP contribution in [-0.2, 0) is 4.79 Å². The van der Waals surface area contributed by atoms with Gasteiger partial charge in [0, 0.05) is 29.6 Å². The molecule has 0 spiro atoms. The summed E-state index contributed by atoms with van der Waals surface area (Å²) in [5.41, 5.74) is 0.844. The molecule has 3 atom stereocenters. The topological polar surface area (TPSA) is 59.2 Å². The summed E-state index contributed by atoms with van der Waals surface area (Å²) in [7, 11) is 0. The summed E-state index contributed by atoms with van der Waals surface area (Å²) < 4.78 is 5.42. The number of likely N-dealkylation sites (tertiary alicyclic amines) is 1. The van der Waals surface area contributed by atoms with Crippen LogP contribution in [0.4, 0.5) is 0 Å². The van der Waals surface area contributed by atoms with Crippen molar-refractivity contribution < 1.29 is 9.32 Å². The Bertz CT molecular complexity index is 815. The summed E-state index contributed by atoms with van der Waals surface area (Å²) >= 11 is 6.02. The average Bonchev–Trinajstić information content (AvgIpc) is 3.30. The molecule has 130 valence electrons. The van der Waals surface area contributed by atoms with Gasteiger partial charge in [-0.25, -0.2) is 0 Å². The SMILES string of the molecule is O=C([C@H]1CC2CCC1C2)N1CC(c2nc(-c3cccc(Cl)c3)no2)C1. The van der Waals surface area contributed by atoms with Crippen molar-refractivity contribution in [2.24, 2.45) is 17.8 Å². The largest absolute Gasteiger partial charge is 0.341 e. The zero-order valence-corrected chi connectivity index (χ0v) is 14.7. The Kier molecular flexibility index (Phi) is 3.59. The van der Waals surface area contributed by atoms with Gasteiger partial charge in [-0.3, -0.25) is 4.79 Å². The highest BCUT2D eigenvalue weighted by Crippen LogP contribution is 2.49. The van der Waals surface area contributed by atoms with Gasteiger partial charge >= 0.3 is 0 Å². The van der Waals surface area contributed by atoms with E-state index in [9.17, 15) is 4.79 Å². The van der Waals surface area contributed by atoms with Crippen molar-refractivity contribution in [1.29, 1.82) is 0 Å². The van der Waals surface area contributed by atoms with Gasteiger partial charge in [0.2, 0.25) is 17.6 Å². The molecule has 1 amide bonds. The predicted molar refractivity (Wildman–Crippen MR) is 93.0 cm³/mol. The van der Waals surface area contributed by atoms with Crippen molar-refractivity contribution in [2.45, 2.75) is 31.6 Å². The second kappa shape index (κ2) is 5.84. The highest BCUT2D eigenvalue weighted by atomic mass is 35.5. The molecule has 3 fully saturated rings. The Morgan fingerprint density at radius 2 is 2.12 bits per heavy atom. The van der Waals surface area contributed by atoms with Gasteiger partial charge < -0.3 is 9.42 Å². The molecule has 5 rings (SSSR count). The van der Waals surface area contributed by atoms with E-state index in [0.29, 0.717) is 41.7 Å². The van der Waals surface area contributed by atoms with Crippen molar-refractivity contribution in [2.75, 3.05) is 13.1 Å². The zero-order valence-electron chi connectivity index (χ0n) is 13.9. The highest BCUT2D eigenvalue weighted by molar-refractivity contribution is 6.30. The van der Waals surface area contributed by atoms with Gasteiger partial charge in [-0.15, -0.1) is 0 Å². The molecule has 1 aromatic carbocycles. The summed E-state index contributed by atoms with van der Waals surface area (Å²) in [6, 6.07) is 7.41. The second-order valence-corrected chi connectivity index (χ2v) is 8.12. The van der Waals surface area contributed by atoms with E-state index in [1.807, 2.05) is 29.2 Å². The molecule has 0 N–H and O–H groups in total. The number of nitrogens with zero attached hydrogens (tertiary/aromatic N) is 3. The number of rotatable bonds is 3. The minimum atomic E-state index is 0.156. The highest BCUT2D eigenvalue weighted by Gasteiger charge is 2.47. The maximum Gasteiger partial charge on any atom is 0.233 e. The molecule has 2 unspecified atom stereocenters. The number of fused-ring (bicyclic) bond motifs is 2. The lowest BCUT2D eigenvalue weighted by Gasteiger charge is -2.40. The fourth-order valence-corrected chi connectivity index (χ4v) is 4.93. The number of benzene rings is 1. The molecule has 0 radical (unpaired) electrons. The lowest BCUT2D eigenvalue weighted by molar-refractivity contribution is -0.142. The minimum Gasteiger partial charge on any atom is -0.341 e. The van der Waals surface area contributed by atoms with E-state index in [1.54, 1.807) is 0 Å². The first-order valence-corrected chi connectivity index (χ1v) is 9.43. The van der Waals surface area contributed by atoms with E-state index in [4.69, 9.17) is 16.1 Å². The van der Waals surface area contributed by atoms with Crippen LogP contribution in [0.25, 0.3) is 11.4 Å². The fourth-order valence-electron chi connectivity index (χ4n) is 4.74. The number of halogens is 1. The van der Waals surface area contributed by atoms with Crippen molar-refractivity contribution in [3.63, 3.8) is 0 Å². The molecule has 5 nitrogen and oxygen atoms in total. The first-order valence-electron chi connectivity index (χ1n) is 9.05. The summed E-state index contributed by atoms with van der Waals surface area (Å²) in [5, 5.41) is 4.71. The number of hydrogen-bond donors (Lipinski definition) is 0. The van der Waals surface area contributed by atoms with Crippen molar-refractivity contribution in [3.05, 3.63) is 35.2 Å². The molecule has 2 bridgehead atoms. The molecule has 6 heteroatoms. The first-order chi connectivity index (χ1) is 12.2. The molecular weight excluding hydrogens is 338 g/mol. The molecule has 1 aliphatic heterocycles. The number of carbonyl (C=O) groups excluding carboxylic acids is 1. The standard InChI is InChI=1S/C19H20ClN3O2/c20-15-3-1-2-13(8-15)17-21-18(25-22-17)14-9-23(10-14)19(24)16-7-11-4-5-12(16)6-11/h1-3,8,11-12,14,16H,4-7,9-10H2/t11?,12?,16-/m0/s1. The molecule has 2 saturated carbocycles. The summed E-state index contributed by atoms with van der Waals surface area (Å²) in [6.07, 6.45) is 4.93. The summed E-state index contributed by atoms with van der Waals surface area (Å²) in [5.74, 6) is 3.37. The van der Waals surface area contributed by atoms with Crippen molar-refractivity contribution in [1.82, 2.24) is 15.0 Å². The van der Waals surface area contributed by atoms with Crippen LogP contribution in [-0.4, -0.2) is 34.0 Å². The van der Waals surface area contributed by atoms with Crippen molar-refractivity contribution in [3.8, 4) is 11.4 Å². The van der Waals surface area contributed by atoms with Gasteiger partial charge in [0.15, 0.2) is 0 Å². The Labute approximate surface area is 151 Å². The van der Waals surface area contributed by atoms with E-state index in [-0.39, 0.29) is 11.8 Å². The maximum atomic E-state index is 12.7. The third-order valence-electron chi connectivity index (χ3n) is 6.12. The molecule has 3 aliphatic rings. The number of carbonyl (C=O) groups is 1. The summed E-state index contributed by atoms with van der Waals surface area (Å²) in [6.45, 7) is 1.40. The third-order valence-corrected chi connectivity index (χ3v) is 6.36. The van der Waals surface area contributed by atoms with Crippen LogP contribution in [0.5, 0.6) is 0 Å². The van der Waals surface area contributed by atoms with E-state index in [2.05, 4.69) is 10.1 Å². The lowest BCUT2D eigenvalue weighted by atomic mass is 9.86. The molecule has 2 aromatic rings. The van der Waals surface area contributed by atoms with Crippen molar-refractivity contribution >= 4 is 17.5 Å². The van der Waals surface area contributed by atoms with Gasteiger partial charge in [0.05, 0.1) is 5.92 Å². The normalized spacial score (nSPS) is 28.4. The first kappa shape index (κ1) is 15.4. The maximum absolute atomic E-state index is 12.7. The smallest absolute Gasteiger partial charge is 0.233 e. The Balaban J connectivity index is 1.23. The Morgan fingerprint density at radius 1 is 1.24 bits per heavy atom. The number of hydrogen-bond acceptors (Lipinski definition) is 4.